The van der Waals surface area contributed by atoms with Crippen molar-refractivity contribution in [1.29, 1.82) is 0 Å². The molecule has 0 amide bonds. The van der Waals surface area contributed by atoms with E-state index in [1.807, 2.05) is 45.3 Å². The lowest BCUT2D eigenvalue weighted by atomic mass is 10.2. The highest BCUT2D eigenvalue weighted by Gasteiger charge is 2.15. The van der Waals surface area contributed by atoms with E-state index < -0.39 is 0 Å². The van der Waals surface area contributed by atoms with E-state index in [9.17, 15) is 0 Å². The Morgan fingerprint density at radius 2 is 1.14 bits per heavy atom. The molecule has 0 N–H and O–H groups in total. The number of aryl methyl sites for hydroxylation is 2. The summed E-state index contributed by atoms with van der Waals surface area (Å²) in [7, 11) is 0. The van der Waals surface area contributed by atoms with Crippen LogP contribution in [0.1, 0.15) is 23.6 Å². The molecule has 0 atom stereocenters. The fraction of sp³-hybridized carbons (Fsp3) is 0.222. The fourth-order valence-corrected chi connectivity index (χ4v) is 7.23. The number of hydrogen-bond donors (Lipinski definition) is 0. The van der Waals surface area contributed by atoms with Gasteiger partial charge in [0, 0.05) is 41.4 Å². The number of rotatable bonds is 4. The molecule has 22 heavy (non-hydrogen) atoms. The van der Waals surface area contributed by atoms with E-state index in [0.717, 1.165) is 12.8 Å². The van der Waals surface area contributed by atoms with Crippen molar-refractivity contribution >= 4 is 54.7 Å². The van der Waals surface area contributed by atoms with Gasteiger partial charge in [-0.3, -0.25) is 0 Å². The molecule has 0 aliphatic rings. The molecule has 4 aromatic rings. The van der Waals surface area contributed by atoms with Crippen molar-refractivity contribution in [3.63, 3.8) is 0 Å². The van der Waals surface area contributed by atoms with Gasteiger partial charge in [-0.1, -0.05) is 13.8 Å². The van der Waals surface area contributed by atoms with Crippen molar-refractivity contribution in [2.24, 2.45) is 0 Å². The highest BCUT2D eigenvalue weighted by Crippen LogP contribution is 2.46. The normalized spacial score (nSPS) is 11.5. The van der Waals surface area contributed by atoms with Crippen molar-refractivity contribution in [1.82, 2.24) is 0 Å². The molecule has 0 unspecified atom stereocenters. The first-order chi connectivity index (χ1) is 10.8. The van der Waals surface area contributed by atoms with Crippen LogP contribution in [-0.4, -0.2) is 0 Å². The Labute approximate surface area is 146 Å². The maximum Gasteiger partial charge on any atom is 0.0544 e. The maximum absolute atomic E-state index is 2.34. The molecule has 0 saturated heterocycles. The minimum atomic E-state index is 1.13. The third kappa shape index (κ3) is 2.38. The second-order valence-electron chi connectivity index (χ2n) is 5.20. The van der Waals surface area contributed by atoms with Crippen molar-refractivity contribution in [2.75, 3.05) is 0 Å². The standard InChI is InChI=1S/C18H16S4/c1-3-11-5-7-15(21-11)13-9-19-18-14(10-20-17(13)18)16-8-6-12(4-2)22-16/h5-10H,3-4H2,1-2H3. The summed E-state index contributed by atoms with van der Waals surface area (Å²) in [6.45, 7) is 4.45. The van der Waals surface area contributed by atoms with Crippen LogP contribution in [0.5, 0.6) is 0 Å². The van der Waals surface area contributed by atoms with Gasteiger partial charge >= 0.3 is 0 Å². The minimum Gasteiger partial charge on any atom is -0.142 e. The molecule has 0 aliphatic carbocycles. The first-order valence-electron chi connectivity index (χ1n) is 7.47. The van der Waals surface area contributed by atoms with Crippen LogP contribution in [0.15, 0.2) is 35.0 Å². The Balaban J connectivity index is 1.81. The van der Waals surface area contributed by atoms with Gasteiger partial charge in [0.25, 0.3) is 0 Å². The summed E-state index contributed by atoms with van der Waals surface area (Å²) in [5.41, 5.74) is 2.85. The molecule has 0 nitrogen and oxygen atoms in total. The molecule has 0 saturated carbocycles. The smallest absolute Gasteiger partial charge is 0.0544 e. The van der Waals surface area contributed by atoms with Crippen molar-refractivity contribution in [3.8, 4) is 20.9 Å². The molecule has 0 fully saturated rings. The van der Waals surface area contributed by atoms with Gasteiger partial charge in [-0.2, -0.15) is 0 Å². The Morgan fingerprint density at radius 3 is 1.50 bits per heavy atom. The Kier molecular flexibility index (Phi) is 3.95. The van der Waals surface area contributed by atoms with Gasteiger partial charge in [0.2, 0.25) is 0 Å². The third-order valence-electron chi connectivity index (χ3n) is 3.84. The minimum absolute atomic E-state index is 1.13. The average Bonchev–Trinajstić information content (AvgIpc) is 3.29. The summed E-state index contributed by atoms with van der Waals surface area (Å²) in [6, 6.07) is 9.10. The number of hydrogen-bond acceptors (Lipinski definition) is 4. The maximum atomic E-state index is 2.34. The molecule has 4 heteroatoms. The van der Waals surface area contributed by atoms with E-state index >= 15 is 0 Å². The second-order valence-corrected chi connectivity index (χ2v) is 9.29. The molecule has 4 heterocycles. The zero-order valence-electron chi connectivity index (χ0n) is 12.5. The van der Waals surface area contributed by atoms with Crippen LogP contribution >= 0.6 is 45.3 Å². The molecule has 4 aromatic heterocycles. The molecule has 112 valence electrons. The number of thiophene rings is 4. The van der Waals surface area contributed by atoms with Crippen LogP contribution in [0, 0.1) is 0 Å². The van der Waals surface area contributed by atoms with E-state index in [-0.39, 0.29) is 0 Å². The average molecular weight is 361 g/mol. The van der Waals surface area contributed by atoms with Crippen LogP contribution in [-0.2, 0) is 12.8 Å². The second kappa shape index (κ2) is 5.93. The fourth-order valence-electron chi connectivity index (χ4n) is 2.59. The molecule has 0 radical (unpaired) electrons. The summed E-state index contributed by atoms with van der Waals surface area (Å²) < 4.78 is 2.91. The predicted molar refractivity (Wildman–Crippen MR) is 105 cm³/mol. The van der Waals surface area contributed by atoms with Gasteiger partial charge in [0.1, 0.15) is 0 Å². The van der Waals surface area contributed by atoms with Crippen LogP contribution in [0.4, 0.5) is 0 Å². The quantitative estimate of drug-likeness (QED) is 0.352. The number of fused-ring (bicyclic) bond motifs is 1. The monoisotopic (exact) mass is 360 g/mol. The zero-order valence-corrected chi connectivity index (χ0v) is 15.8. The van der Waals surface area contributed by atoms with Gasteiger partial charge in [0.15, 0.2) is 0 Å². The summed E-state index contributed by atoms with van der Waals surface area (Å²) in [6.07, 6.45) is 2.26. The SMILES string of the molecule is CCc1ccc(-c2csc3c(-c4ccc(CC)s4)csc23)s1. The summed E-state index contributed by atoms with van der Waals surface area (Å²) in [4.78, 5) is 5.77. The van der Waals surface area contributed by atoms with Gasteiger partial charge < -0.3 is 0 Å². The summed E-state index contributed by atoms with van der Waals surface area (Å²) in [5, 5.41) is 4.68. The Hall–Kier alpha value is -0.940. The van der Waals surface area contributed by atoms with Crippen molar-refractivity contribution < 1.29 is 0 Å². The van der Waals surface area contributed by atoms with Gasteiger partial charge in [0.05, 0.1) is 9.40 Å². The first-order valence-corrected chi connectivity index (χ1v) is 10.9. The molecular formula is C18H16S4. The van der Waals surface area contributed by atoms with E-state index in [0.29, 0.717) is 0 Å². The van der Waals surface area contributed by atoms with Crippen LogP contribution in [0.25, 0.3) is 30.3 Å². The van der Waals surface area contributed by atoms with Crippen LogP contribution < -0.4 is 0 Å². The van der Waals surface area contributed by atoms with Crippen molar-refractivity contribution in [2.45, 2.75) is 26.7 Å². The molecule has 0 bridgehead atoms. The third-order valence-corrected chi connectivity index (χ3v) is 8.52. The van der Waals surface area contributed by atoms with E-state index in [4.69, 9.17) is 0 Å². The van der Waals surface area contributed by atoms with E-state index in [2.05, 4.69) is 48.9 Å². The first kappa shape index (κ1) is 14.6. The largest absolute Gasteiger partial charge is 0.142 e. The lowest BCUT2D eigenvalue weighted by molar-refractivity contribution is 1.19. The van der Waals surface area contributed by atoms with Crippen LogP contribution in [0.2, 0.25) is 0 Å². The predicted octanol–water partition coefficient (Wildman–Crippen LogP) is 7.54. The van der Waals surface area contributed by atoms with Gasteiger partial charge in [-0.25, -0.2) is 0 Å². The molecule has 0 aliphatic heterocycles. The summed E-state index contributed by atoms with van der Waals surface area (Å²) in [5.74, 6) is 0. The highest BCUT2D eigenvalue weighted by molar-refractivity contribution is 7.29. The topological polar surface area (TPSA) is 0 Å². The molecule has 0 spiro atoms. The molecule has 0 aromatic carbocycles. The van der Waals surface area contributed by atoms with E-state index in [1.165, 1.54) is 40.0 Å². The van der Waals surface area contributed by atoms with Gasteiger partial charge in [-0.15, -0.1) is 45.3 Å². The summed E-state index contributed by atoms with van der Waals surface area (Å²) >= 11 is 7.66. The highest BCUT2D eigenvalue weighted by atomic mass is 32.1. The lowest BCUT2D eigenvalue weighted by Crippen LogP contribution is -1.65. The lowest BCUT2D eigenvalue weighted by Gasteiger charge is -1.92. The molecule has 4 rings (SSSR count). The zero-order chi connectivity index (χ0) is 15.1. The molecular weight excluding hydrogens is 344 g/mol. The van der Waals surface area contributed by atoms with E-state index in [1.54, 1.807) is 0 Å². The van der Waals surface area contributed by atoms with Crippen molar-refractivity contribution in [3.05, 3.63) is 44.8 Å². The van der Waals surface area contributed by atoms with Gasteiger partial charge in [-0.05, 0) is 37.1 Å². The Morgan fingerprint density at radius 1 is 0.682 bits per heavy atom. The van der Waals surface area contributed by atoms with Crippen LogP contribution in [0.3, 0.4) is 0 Å². The Bertz CT molecular complexity index is 840.